The molecule has 0 saturated carbocycles. The summed E-state index contributed by atoms with van der Waals surface area (Å²) < 4.78 is 35.5. The van der Waals surface area contributed by atoms with Gasteiger partial charge in [0.25, 0.3) is 5.56 Å². The highest BCUT2D eigenvalue weighted by Gasteiger charge is 2.23. The van der Waals surface area contributed by atoms with Gasteiger partial charge in [-0.3, -0.25) is 9.36 Å². The summed E-state index contributed by atoms with van der Waals surface area (Å²) in [6, 6.07) is 12.6. The van der Waals surface area contributed by atoms with Crippen molar-refractivity contribution < 1.29 is 13.5 Å². The van der Waals surface area contributed by atoms with Crippen LogP contribution in [0.5, 0.6) is 0 Å². The topological polar surface area (TPSA) is 47.4 Å². The number of aromatic nitrogens is 2. The summed E-state index contributed by atoms with van der Waals surface area (Å²) in [6.45, 7) is 6.46. The highest BCUT2D eigenvalue weighted by Crippen LogP contribution is 2.41. The molecule has 5 nitrogen and oxygen atoms in total. The molecule has 1 fully saturated rings. The molecule has 0 amide bonds. The molecule has 0 atom stereocenters. The Hall–Kier alpha value is -3.36. The zero-order valence-electron chi connectivity index (χ0n) is 18.8. The van der Waals surface area contributed by atoms with Gasteiger partial charge in [0.1, 0.15) is 11.6 Å². The minimum absolute atomic E-state index is 0.167. The Morgan fingerprint density at radius 3 is 2.44 bits per heavy atom. The van der Waals surface area contributed by atoms with Gasteiger partial charge < -0.3 is 9.64 Å². The lowest BCUT2D eigenvalue weighted by molar-refractivity contribution is 0.122. The van der Waals surface area contributed by atoms with Crippen LogP contribution in [0.15, 0.2) is 59.5 Å². The van der Waals surface area contributed by atoms with Crippen LogP contribution in [-0.4, -0.2) is 35.9 Å². The van der Waals surface area contributed by atoms with Gasteiger partial charge in [-0.2, -0.15) is 0 Å². The van der Waals surface area contributed by atoms with E-state index in [9.17, 15) is 13.6 Å². The first-order valence-electron chi connectivity index (χ1n) is 11.0. The predicted octanol–water partition coefficient (Wildman–Crippen LogP) is 5.36. The van der Waals surface area contributed by atoms with Gasteiger partial charge in [0.05, 0.1) is 29.5 Å². The van der Waals surface area contributed by atoms with E-state index in [1.165, 1.54) is 29.5 Å². The molecule has 1 aliphatic heterocycles. The van der Waals surface area contributed by atoms with Gasteiger partial charge >= 0.3 is 0 Å². The van der Waals surface area contributed by atoms with Gasteiger partial charge in [0.15, 0.2) is 5.13 Å². The molecule has 2 aromatic heterocycles. The molecule has 0 spiro atoms. The number of morpholine rings is 1. The van der Waals surface area contributed by atoms with Crippen LogP contribution in [0.4, 0.5) is 13.9 Å². The van der Waals surface area contributed by atoms with Crippen LogP contribution < -0.4 is 10.5 Å². The number of anilines is 1. The Kier molecular flexibility index (Phi) is 6.02. The summed E-state index contributed by atoms with van der Waals surface area (Å²) in [5, 5.41) is 0.738. The van der Waals surface area contributed by atoms with Gasteiger partial charge in [-0.25, -0.2) is 13.8 Å². The van der Waals surface area contributed by atoms with Crippen LogP contribution in [0.1, 0.15) is 11.1 Å². The van der Waals surface area contributed by atoms with Crippen LogP contribution in [0.25, 0.3) is 27.4 Å². The Labute approximate surface area is 199 Å². The number of benzene rings is 2. The fraction of sp³-hybridized carbons (Fsp3) is 0.231. The zero-order chi connectivity index (χ0) is 23.8. The molecule has 0 unspecified atom stereocenters. The molecular formula is C26H23F2N3O2S. The molecule has 2 aromatic carbocycles. The maximum absolute atomic E-state index is 14.8. The lowest BCUT2D eigenvalue weighted by Crippen LogP contribution is -2.36. The van der Waals surface area contributed by atoms with Crippen molar-refractivity contribution in [2.75, 3.05) is 31.2 Å². The molecular weight excluding hydrogens is 456 g/mol. The first kappa shape index (κ1) is 22.4. The second kappa shape index (κ2) is 9.12. The lowest BCUT2D eigenvalue weighted by atomic mass is 10.1. The van der Waals surface area contributed by atoms with E-state index in [2.05, 4.69) is 4.90 Å². The highest BCUT2D eigenvalue weighted by atomic mass is 32.1. The number of thiazole rings is 1. The van der Waals surface area contributed by atoms with E-state index in [-0.39, 0.29) is 11.1 Å². The third-order valence-electron chi connectivity index (χ3n) is 5.94. The van der Waals surface area contributed by atoms with Crippen LogP contribution in [0.2, 0.25) is 0 Å². The number of para-hydroxylation sites is 1. The number of hydrogen-bond donors (Lipinski definition) is 0. The smallest absolute Gasteiger partial charge is 0.255 e. The lowest BCUT2D eigenvalue weighted by Gasteiger charge is -2.26. The van der Waals surface area contributed by atoms with Crippen molar-refractivity contribution in [3.05, 3.63) is 87.8 Å². The normalized spacial score (nSPS) is 13.9. The number of rotatable bonds is 4. The summed E-state index contributed by atoms with van der Waals surface area (Å²) in [6.07, 6.45) is 1.75. The van der Waals surface area contributed by atoms with Crippen molar-refractivity contribution in [1.82, 2.24) is 9.55 Å². The molecule has 3 heterocycles. The quantitative estimate of drug-likeness (QED) is 0.395. The molecule has 8 heteroatoms. The standard InChI is InChI=1S/C26H23F2N3O2S/c1-16-4-3-5-17(2)24(16)31-15-18(6-9-22(31)32)23-25(20-8-7-19(27)14-21(20)28)34-26(29-23)30-10-12-33-13-11-30/h3-9,14-15H,10-13H2,1-2H3. The van der Waals surface area contributed by atoms with E-state index in [1.54, 1.807) is 16.8 Å². The van der Waals surface area contributed by atoms with Crippen molar-refractivity contribution in [1.29, 1.82) is 0 Å². The minimum atomic E-state index is -0.651. The number of pyridine rings is 1. The fourth-order valence-electron chi connectivity index (χ4n) is 4.24. The minimum Gasteiger partial charge on any atom is -0.378 e. The molecule has 0 aliphatic carbocycles. The van der Waals surface area contributed by atoms with Crippen molar-refractivity contribution >= 4 is 16.5 Å². The predicted molar refractivity (Wildman–Crippen MR) is 131 cm³/mol. The number of aryl methyl sites for hydroxylation is 2. The van der Waals surface area contributed by atoms with E-state index >= 15 is 0 Å². The second-order valence-corrected chi connectivity index (χ2v) is 9.24. The average molecular weight is 480 g/mol. The monoisotopic (exact) mass is 479 g/mol. The van der Waals surface area contributed by atoms with Crippen LogP contribution in [0, 0.1) is 25.5 Å². The number of halogens is 2. The Morgan fingerprint density at radius 1 is 1.00 bits per heavy atom. The van der Waals surface area contributed by atoms with E-state index in [0.717, 1.165) is 28.0 Å². The van der Waals surface area contributed by atoms with Crippen LogP contribution in [0.3, 0.4) is 0 Å². The van der Waals surface area contributed by atoms with E-state index in [0.29, 0.717) is 42.4 Å². The van der Waals surface area contributed by atoms with Gasteiger partial charge in [-0.05, 0) is 43.2 Å². The van der Waals surface area contributed by atoms with Gasteiger partial charge in [0, 0.05) is 42.5 Å². The summed E-state index contributed by atoms with van der Waals surface area (Å²) in [7, 11) is 0. The highest BCUT2D eigenvalue weighted by molar-refractivity contribution is 7.19. The Balaban J connectivity index is 1.70. The summed E-state index contributed by atoms with van der Waals surface area (Å²) >= 11 is 1.36. The maximum Gasteiger partial charge on any atom is 0.255 e. The average Bonchev–Trinajstić information content (AvgIpc) is 3.26. The van der Waals surface area contributed by atoms with Crippen molar-refractivity contribution in [3.63, 3.8) is 0 Å². The van der Waals surface area contributed by atoms with Crippen LogP contribution >= 0.6 is 11.3 Å². The first-order chi connectivity index (χ1) is 16.4. The molecule has 0 bridgehead atoms. The van der Waals surface area contributed by atoms with Gasteiger partial charge in [-0.15, -0.1) is 0 Å². The largest absolute Gasteiger partial charge is 0.378 e. The number of nitrogens with zero attached hydrogens (tertiary/aromatic N) is 3. The molecule has 34 heavy (non-hydrogen) atoms. The third-order valence-corrected chi connectivity index (χ3v) is 7.09. The zero-order valence-corrected chi connectivity index (χ0v) is 19.7. The fourth-order valence-corrected chi connectivity index (χ4v) is 5.40. The van der Waals surface area contributed by atoms with E-state index in [4.69, 9.17) is 9.72 Å². The van der Waals surface area contributed by atoms with Crippen molar-refractivity contribution in [3.8, 4) is 27.4 Å². The van der Waals surface area contributed by atoms with E-state index in [1.807, 2.05) is 32.0 Å². The summed E-state index contributed by atoms with van der Waals surface area (Å²) in [5.74, 6) is -1.29. The molecule has 4 aromatic rings. The summed E-state index contributed by atoms with van der Waals surface area (Å²) in [5.41, 5.74) is 4.09. The third kappa shape index (κ3) is 4.15. The number of hydrogen-bond acceptors (Lipinski definition) is 5. The first-order valence-corrected chi connectivity index (χ1v) is 11.8. The second-order valence-electron chi connectivity index (χ2n) is 8.26. The van der Waals surface area contributed by atoms with E-state index < -0.39 is 11.6 Å². The van der Waals surface area contributed by atoms with Gasteiger partial charge in [-0.1, -0.05) is 29.5 Å². The Bertz CT molecular complexity index is 1400. The molecule has 1 aliphatic rings. The van der Waals surface area contributed by atoms with Crippen molar-refractivity contribution in [2.24, 2.45) is 0 Å². The SMILES string of the molecule is Cc1cccc(C)c1-n1cc(-c2nc(N3CCOCC3)sc2-c2ccc(F)cc2F)ccc1=O. The molecule has 5 rings (SSSR count). The molecule has 0 radical (unpaired) electrons. The number of ether oxygens (including phenoxy) is 1. The summed E-state index contributed by atoms with van der Waals surface area (Å²) in [4.78, 5) is 20.4. The molecule has 0 N–H and O–H groups in total. The van der Waals surface area contributed by atoms with Crippen molar-refractivity contribution in [2.45, 2.75) is 13.8 Å². The molecule has 174 valence electrons. The molecule has 1 saturated heterocycles. The van der Waals surface area contributed by atoms with Crippen LogP contribution in [-0.2, 0) is 4.74 Å². The Morgan fingerprint density at radius 2 is 1.74 bits per heavy atom. The maximum atomic E-state index is 14.8. The van der Waals surface area contributed by atoms with Gasteiger partial charge in [0.2, 0.25) is 0 Å².